The van der Waals surface area contributed by atoms with E-state index in [9.17, 15) is 9.59 Å². The highest BCUT2D eigenvalue weighted by molar-refractivity contribution is 7.18. The maximum atomic E-state index is 13.6. The highest BCUT2D eigenvalue weighted by Crippen LogP contribution is 2.34. The number of thiophene rings is 1. The van der Waals surface area contributed by atoms with Crippen LogP contribution in [-0.4, -0.2) is 15.5 Å². The number of amides is 1. The second kappa shape index (κ2) is 8.12. The van der Waals surface area contributed by atoms with Gasteiger partial charge < -0.3 is 5.32 Å². The van der Waals surface area contributed by atoms with E-state index in [1.807, 2.05) is 61.5 Å². The number of nitrogens with zero attached hydrogens (tertiary/aromatic N) is 2. The van der Waals surface area contributed by atoms with E-state index in [2.05, 4.69) is 5.32 Å². The Morgan fingerprint density at radius 1 is 1.10 bits per heavy atom. The summed E-state index contributed by atoms with van der Waals surface area (Å²) in [6.45, 7) is 1.90. The number of aromatic nitrogens is 2. The van der Waals surface area contributed by atoms with E-state index < -0.39 is 0 Å². The molecule has 156 valence electrons. The van der Waals surface area contributed by atoms with Gasteiger partial charge in [-0.2, -0.15) is 0 Å². The summed E-state index contributed by atoms with van der Waals surface area (Å²) in [4.78, 5) is 33.5. The topological polar surface area (TPSA) is 64.0 Å². The third-order valence-corrected chi connectivity index (χ3v) is 6.90. The molecule has 0 bridgehead atoms. The molecular formula is C25H23N3O2S. The molecule has 0 saturated carbocycles. The Morgan fingerprint density at radius 3 is 2.71 bits per heavy atom. The van der Waals surface area contributed by atoms with Gasteiger partial charge in [0, 0.05) is 16.1 Å². The van der Waals surface area contributed by atoms with Crippen LogP contribution < -0.4 is 10.9 Å². The molecule has 5 nitrogen and oxygen atoms in total. The van der Waals surface area contributed by atoms with Crippen LogP contribution >= 0.6 is 11.3 Å². The Kier molecular flexibility index (Phi) is 5.16. The minimum Gasteiger partial charge on any atom is -0.325 e. The monoisotopic (exact) mass is 429 g/mol. The minimum atomic E-state index is -0.241. The van der Waals surface area contributed by atoms with Gasteiger partial charge in [0.1, 0.15) is 17.2 Å². The molecule has 0 fully saturated rings. The van der Waals surface area contributed by atoms with Crippen molar-refractivity contribution in [1.29, 1.82) is 0 Å². The van der Waals surface area contributed by atoms with Crippen molar-refractivity contribution in [2.45, 2.75) is 39.2 Å². The summed E-state index contributed by atoms with van der Waals surface area (Å²) < 4.78 is 1.53. The lowest BCUT2D eigenvalue weighted by atomic mass is 9.97. The van der Waals surface area contributed by atoms with Crippen LogP contribution in [0, 0.1) is 6.92 Å². The number of hydrogen-bond acceptors (Lipinski definition) is 4. The Labute approximate surface area is 184 Å². The zero-order valence-corrected chi connectivity index (χ0v) is 18.2. The fourth-order valence-corrected chi connectivity index (χ4v) is 5.51. The van der Waals surface area contributed by atoms with Gasteiger partial charge in [-0.15, -0.1) is 11.3 Å². The molecule has 1 aliphatic carbocycles. The Bertz CT molecular complexity index is 1340. The predicted molar refractivity (Wildman–Crippen MR) is 126 cm³/mol. The molecule has 0 radical (unpaired) electrons. The first kappa shape index (κ1) is 19.7. The molecule has 2 aromatic carbocycles. The Morgan fingerprint density at radius 2 is 1.90 bits per heavy atom. The zero-order valence-electron chi connectivity index (χ0n) is 17.4. The number of nitrogens with one attached hydrogen (secondary N) is 1. The van der Waals surface area contributed by atoms with Crippen LogP contribution in [0.4, 0.5) is 5.69 Å². The van der Waals surface area contributed by atoms with Gasteiger partial charge in [0.15, 0.2) is 0 Å². The maximum absolute atomic E-state index is 13.6. The molecule has 0 spiro atoms. The van der Waals surface area contributed by atoms with E-state index in [4.69, 9.17) is 4.98 Å². The molecule has 6 heteroatoms. The molecule has 0 unspecified atom stereocenters. The molecular weight excluding hydrogens is 406 g/mol. The SMILES string of the molecule is Cc1cccc(NC(=O)Cn2c(-c3ccccc3)nc3sc4c(c3c2=O)CCCC4)c1. The molecule has 2 heterocycles. The lowest BCUT2D eigenvalue weighted by Gasteiger charge is -2.14. The molecule has 31 heavy (non-hydrogen) atoms. The quantitative estimate of drug-likeness (QED) is 0.499. The summed E-state index contributed by atoms with van der Waals surface area (Å²) in [7, 11) is 0. The fraction of sp³-hybridized carbons (Fsp3) is 0.240. The molecule has 0 saturated heterocycles. The number of rotatable bonds is 4. The number of carbonyl (C=O) groups excluding carboxylic acids is 1. The highest BCUT2D eigenvalue weighted by atomic mass is 32.1. The van der Waals surface area contributed by atoms with E-state index in [0.29, 0.717) is 11.2 Å². The van der Waals surface area contributed by atoms with Gasteiger partial charge in [-0.3, -0.25) is 14.2 Å². The first-order chi connectivity index (χ1) is 15.1. The van der Waals surface area contributed by atoms with Crippen molar-refractivity contribution >= 4 is 33.1 Å². The van der Waals surface area contributed by atoms with Gasteiger partial charge >= 0.3 is 0 Å². The average molecular weight is 430 g/mol. The second-order valence-electron chi connectivity index (χ2n) is 8.00. The summed E-state index contributed by atoms with van der Waals surface area (Å²) in [5.41, 5.74) is 3.63. The summed E-state index contributed by atoms with van der Waals surface area (Å²) in [5, 5.41) is 3.61. The first-order valence-corrected chi connectivity index (χ1v) is 11.4. The molecule has 0 atom stereocenters. The predicted octanol–water partition coefficient (Wildman–Crippen LogP) is 4.95. The van der Waals surface area contributed by atoms with Gasteiger partial charge in [0.05, 0.1) is 5.39 Å². The summed E-state index contributed by atoms with van der Waals surface area (Å²) >= 11 is 1.63. The van der Waals surface area contributed by atoms with Crippen molar-refractivity contribution in [3.8, 4) is 11.4 Å². The minimum absolute atomic E-state index is 0.0788. The van der Waals surface area contributed by atoms with Crippen LogP contribution in [0.3, 0.4) is 0 Å². The number of benzene rings is 2. The summed E-state index contributed by atoms with van der Waals surface area (Å²) in [5.74, 6) is 0.297. The van der Waals surface area contributed by atoms with Crippen LogP contribution in [0.1, 0.15) is 28.8 Å². The average Bonchev–Trinajstić information content (AvgIpc) is 3.15. The molecule has 1 amide bonds. The Balaban J connectivity index is 1.61. The lowest BCUT2D eigenvalue weighted by Crippen LogP contribution is -2.30. The van der Waals surface area contributed by atoms with E-state index in [1.165, 1.54) is 9.44 Å². The fourth-order valence-electron chi connectivity index (χ4n) is 4.26. The number of anilines is 1. The van der Waals surface area contributed by atoms with Crippen LogP contribution in [0.5, 0.6) is 0 Å². The van der Waals surface area contributed by atoms with Crippen molar-refractivity contribution in [3.63, 3.8) is 0 Å². The van der Waals surface area contributed by atoms with Crippen molar-refractivity contribution in [2.24, 2.45) is 0 Å². The van der Waals surface area contributed by atoms with Crippen molar-refractivity contribution in [2.75, 3.05) is 5.32 Å². The van der Waals surface area contributed by atoms with Crippen LogP contribution in [0.25, 0.3) is 21.6 Å². The Hall–Kier alpha value is -3.25. The smallest absolute Gasteiger partial charge is 0.263 e. The van der Waals surface area contributed by atoms with Crippen LogP contribution in [-0.2, 0) is 24.2 Å². The summed E-state index contributed by atoms with van der Waals surface area (Å²) in [6.07, 6.45) is 4.15. The first-order valence-electron chi connectivity index (χ1n) is 10.6. The van der Waals surface area contributed by atoms with Crippen molar-refractivity contribution in [1.82, 2.24) is 9.55 Å². The van der Waals surface area contributed by atoms with Gasteiger partial charge in [0.2, 0.25) is 5.91 Å². The van der Waals surface area contributed by atoms with Gasteiger partial charge in [-0.25, -0.2) is 4.98 Å². The maximum Gasteiger partial charge on any atom is 0.263 e. The second-order valence-corrected chi connectivity index (χ2v) is 9.09. The number of carbonyl (C=O) groups is 1. The number of hydrogen-bond donors (Lipinski definition) is 1. The van der Waals surface area contributed by atoms with Crippen LogP contribution in [0.15, 0.2) is 59.4 Å². The third-order valence-electron chi connectivity index (χ3n) is 5.71. The van der Waals surface area contributed by atoms with Gasteiger partial charge in [-0.1, -0.05) is 42.5 Å². The van der Waals surface area contributed by atoms with E-state index in [-0.39, 0.29) is 18.0 Å². The van der Waals surface area contributed by atoms with E-state index >= 15 is 0 Å². The van der Waals surface area contributed by atoms with Gasteiger partial charge in [-0.05, 0) is 55.9 Å². The van der Waals surface area contributed by atoms with Crippen LogP contribution in [0.2, 0.25) is 0 Å². The largest absolute Gasteiger partial charge is 0.325 e. The molecule has 1 N–H and O–H groups in total. The lowest BCUT2D eigenvalue weighted by molar-refractivity contribution is -0.116. The van der Waals surface area contributed by atoms with Crippen molar-refractivity contribution in [3.05, 3.63) is 81.0 Å². The summed E-state index contributed by atoms with van der Waals surface area (Å²) in [6, 6.07) is 17.3. The number of aryl methyl sites for hydroxylation is 3. The molecule has 5 rings (SSSR count). The van der Waals surface area contributed by atoms with Crippen molar-refractivity contribution < 1.29 is 4.79 Å². The number of fused-ring (bicyclic) bond motifs is 3. The molecule has 2 aromatic heterocycles. The standard InChI is InChI=1S/C25H23N3O2S/c1-16-8-7-11-18(14-16)26-21(29)15-28-23(17-9-3-2-4-10-17)27-24-22(25(28)30)19-12-5-6-13-20(19)31-24/h2-4,7-11,14H,5-6,12-13,15H2,1H3,(H,26,29). The van der Waals surface area contributed by atoms with Gasteiger partial charge in [0.25, 0.3) is 5.56 Å². The molecule has 4 aromatic rings. The molecule has 1 aliphatic rings. The van der Waals surface area contributed by atoms with E-state index in [1.54, 1.807) is 11.3 Å². The van der Waals surface area contributed by atoms with E-state index in [0.717, 1.165) is 52.9 Å². The zero-order chi connectivity index (χ0) is 21.4. The molecule has 0 aliphatic heterocycles. The normalized spacial score (nSPS) is 13.2. The highest BCUT2D eigenvalue weighted by Gasteiger charge is 2.23. The third kappa shape index (κ3) is 3.79.